The summed E-state index contributed by atoms with van der Waals surface area (Å²) >= 11 is 6.14. The number of nitrogens with one attached hydrogen (secondary N) is 2. The molecule has 1 aliphatic carbocycles. The number of hydrogen-bond donors (Lipinski definition) is 2. The quantitative estimate of drug-likeness (QED) is 0.479. The molecule has 3 fully saturated rings. The fourth-order valence-electron chi connectivity index (χ4n) is 7.35. The predicted octanol–water partition coefficient (Wildman–Crippen LogP) is 5.13. The second-order valence-corrected chi connectivity index (χ2v) is 12.4. The summed E-state index contributed by atoms with van der Waals surface area (Å²) in [5.74, 6) is -1.52. The third kappa shape index (κ3) is 4.34. The minimum absolute atomic E-state index is 0.0280. The van der Waals surface area contributed by atoms with Gasteiger partial charge in [-0.2, -0.15) is 0 Å². The zero-order valence-electron chi connectivity index (χ0n) is 23.0. The number of anilines is 1. The monoisotopic (exact) mass is 561 g/mol. The smallest absolute Gasteiger partial charge is 0.246 e. The lowest BCUT2D eigenvalue weighted by Gasteiger charge is -2.39. The van der Waals surface area contributed by atoms with E-state index >= 15 is 0 Å². The van der Waals surface area contributed by atoms with E-state index in [1.807, 2.05) is 49.4 Å². The number of ether oxygens (including phenoxy) is 1. The Kier molecular flexibility index (Phi) is 6.99. The maximum atomic E-state index is 14.4. The Bertz CT molecular complexity index is 1350. The van der Waals surface area contributed by atoms with Crippen molar-refractivity contribution in [2.45, 2.75) is 69.9 Å². The number of carbonyl (C=O) groups excluding carboxylic acids is 3. The molecule has 2 aromatic rings. The van der Waals surface area contributed by atoms with Crippen LogP contribution in [0.4, 0.5) is 5.69 Å². The SMILES string of the molecule is C[C@@H]1[C@H](C)CCC[C@@H]1NC(=O)[C@@H]1N([C@H](C)c2ccccc2)C(=O)[C@@H]2[C@H](C(=O)Nc3cccc(Cl)c3)[C@@H]3C=C[C@]21O3. The largest absolute Gasteiger partial charge is 0.359 e. The van der Waals surface area contributed by atoms with Gasteiger partial charge in [0, 0.05) is 16.8 Å². The van der Waals surface area contributed by atoms with E-state index in [9.17, 15) is 14.4 Å². The van der Waals surface area contributed by atoms with Gasteiger partial charge in [0.25, 0.3) is 0 Å². The molecule has 6 rings (SSSR count). The standard InChI is InChI=1S/C32H36ClN3O4/c1-18-9-7-14-24(19(18)2)35-30(38)28-32-16-15-25(40-32)26(29(37)34-23-13-8-12-22(33)17-23)27(32)31(39)36(28)20(3)21-10-5-4-6-11-21/h4-6,8,10-13,15-20,24-28H,7,9,14H2,1-3H3,(H,34,37)(H,35,38)/t18-,19-,20-,24+,25+,26-,27+,28+,32+/m1/s1. The van der Waals surface area contributed by atoms with Gasteiger partial charge in [0.1, 0.15) is 11.6 Å². The second-order valence-electron chi connectivity index (χ2n) is 11.9. The van der Waals surface area contributed by atoms with Crippen LogP contribution >= 0.6 is 11.6 Å². The van der Waals surface area contributed by atoms with Gasteiger partial charge in [0.2, 0.25) is 17.7 Å². The molecular weight excluding hydrogens is 526 g/mol. The van der Waals surface area contributed by atoms with Crippen molar-refractivity contribution in [2.75, 3.05) is 5.32 Å². The molecular formula is C32H36ClN3O4. The maximum absolute atomic E-state index is 14.4. The van der Waals surface area contributed by atoms with Crippen LogP contribution in [0.2, 0.25) is 5.02 Å². The van der Waals surface area contributed by atoms with Crippen LogP contribution in [0.5, 0.6) is 0 Å². The van der Waals surface area contributed by atoms with E-state index in [1.165, 1.54) is 0 Å². The van der Waals surface area contributed by atoms with Crippen molar-refractivity contribution in [3.63, 3.8) is 0 Å². The van der Waals surface area contributed by atoms with E-state index in [0.29, 0.717) is 22.5 Å². The number of hydrogen-bond acceptors (Lipinski definition) is 4. The van der Waals surface area contributed by atoms with Crippen molar-refractivity contribution >= 4 is 35.0 Å². The van der Waals surface area contributed by atoms with E-state index < -0.39 is 29.6 Å². The Morgan fingerprint density at radius 2 is 1.85 bits per heavy atom. The Hall–Kier alpha value is -3.16. The highest BCUT2D eigenvalue weighted by Crippen LogP contribution is 2.56. The minimum Gasteiger partial charge on any atom is -0.359 e. The normalized spacial score (nSPS) is 35.0. The fourth-order valence-corrected chi connectivity index (χ4v) is 7.55. The van der Waals surface area contributed by atoms with Gasteiger partial charge in [-0.3, -0.25) is 14.4 Å². The highest BCUT2D eigenvalue weighted by atomic mass is 35.5. The van der Waals surface area contributed by atoms with Crippen molar-refractivity contribution in [1.29, 1.82) is 0 Å². The lowest BCUT2D eigenvalue weighted by atomic mass is 9.73. The van der Waals surface area contributed by atoms with Gasteiger partial charge in [-0.1, -0.05) is 86.8 Å². The second kappa shape index (κ2) is 10.3. The Labute approximate surface area is 240 Å². The Balaban J connectivity index is 1.35. The highest BCUT2D eigenvalue weighted by Gasteiger charge is 2.73. The molecule has 2 saturated heterocycles. The summed E-state index contributed by atoms with van der Waals surface area (Å²) in [5.41, 5.74) is 0.255. The Morgan fingerprint density at radius 1 is 1.07 bits per heavy atom. The van der Waals surface area contributed by atoms with Crippen LogP contribution in [0, 0.1) is 23.7 Å². The first-order chi connectivity index (χ1) is 19.2. The summed E-state index contributed by atoms with van der Waals surface area (Å²) in [4.78, 5) is 44.0. The molecule has 4 aliphatic rings. The van der Waals surface area contributed by atoms with Gasteiger partial charge in [-0.25, -0.2) is 0 Å². The number of rotatable bonds is 6. The molecule has 9 atom stereocenters. The summed E-state index contributed by atoms with van der Waals surface area (Å²) in [6.07, 6.45) is 6.22. The molecule has 2 N–H and O–H groups in total. The molecule has 0 aromatic heterocycles. The molecule has 2 aromatic carbocycles. The zero-order valence-corrected chi connectivity index (χ0v) is 23.8. The number of fused-ring (bicyclic) bond motifs is 1. The number of likely N-dealkylation sites (tertiary alicyclic amines) is 1. The van der Waals surface area contributed by atoms with Gasteiger partial charge < -0.3 is 20.3 Å². The van der Waals surface area contributed by atoms with E-state index in [-0.39, 0.29) is 29.8 Å². The molecule has 3 amide bonds. The van der Waals surface area contributed by atoms with Crippen LogP contribution in [0.15, 0.2) is 66.7 Å². The van der Waals surface area contributed by atoms with Gasteiger partial charge in [-0.15, -0.1) is 0 Å². The molecule has 7 nitrogen and oxygen atoms in total. The summed E-state index contributed by atoms with van der Waals surface area (Å²) in [7, 11) is 0. The summed E-state index contributed by atoms with van der Waals surface area (Å²) in [5, 5.41) is 6.74. The van der Waals surface area contributed by atoms with E-state index in [4.69, 9.17) is 16.3 Å². The molecule has 2 bridgehead atoms. The molecule has 1 spiro atoms. The number of carbonyl (C=O) groups is 3. The van der Waals surface area contributed by atoms with Crippen molar-refractivity contribution in [2.24, 2.45) is 23.7 Å². The summed E-state index contributed by atoms with van der Waals surface area (Å²) in [6.45, 7) is 6.36. The summed E-state index contributed by atoms with van der Waals surface area (Å²) in [6, 6.07) is 15.4. The van der Waals surface area contributed by atoms with E-state index in [2.05, 4.69) is 24.5 Å². The van der Waals surface area contributed by atoms with E-state index in [1.54, 1.807) is 29.2 Å². The van der Waals surface area contributed by atoms with Crippen molar-refractivity contribution in [3.8, 4) is 0 Å². The average molecular weight is 562 g/mol. The first kappa shape index (κ1) is 27.0. The molecule has 1 saturated carbocycles. The van der Waals surface area contributed by atoms with Crippen LogP contribution < -0.4 is 10.6 Å². The Morgan fingerprint density at radius 3 is 2.60 bits per heavy atom. The van der Waals surface area contributed by atoms with Crippen LogP contribution in [0.3, 0.4) is 0 Å². The molecule has 3 aliphatic heterocycles. The van der Waals surface area contributed by atoms with Gasteiger partial charge in [-0.05, 0) is 48.9 Å². The number of benzene rings is 2. The first-order valence-corrected chi connectivity index (χ1v) is 14.7. The van der Waals surface area contributed by atoms with Gasteiger partial charge in [0.15, 0.2) is 0 Å². The number of halogens is 1. The van der Waals surface area contributed by atoms with Gasteiger partial charge in [0.05, 0.1) is 24.0 Å². The number of nitrogens with zero attached hydrogens (tertiary/aromatic N) is 1. The fraction of sp³-hybridized carbons (Fsp3) is 0.469. The molecule has 3 heterocycles. The third-order valence-corrected chi connectivity index (χ3v) is 9.92. The maximum Gasteiger partial charge on any atom is 0.246 e. The minimum atomic E-state index is -1.21. The van der Waals surface area contributed by atoms with Crippen LogP contribution in [-0.2, 0) is 19.1 Å². The summed E-state index contributed by atoms with van der Waals surface area (Å²) < 4.78 is 6.52. The van der Waals surface area contributed by atoms with E-state index in [0.717, 1.165) is 24.8 Å². The average Bonchev–Trinajstić information content (AvgIpc) is 3.58. The van der Waals surface area contributed by atoms with Gasteiger partial charge >= 0.3 is 0 Å². The molecule has 0 unspecified atom stereocenters. The third-order valence-electron chi connectivity index (χ3n) is 9.69. The van der Waals surface area contributed by atoms with Crippen LogP contribution in [0.25, 0.3) is 0 Å². The number of amides is 3. The lowest BCUT2D eigenvalue weighted by Crippen LogP contribution is -2.58. The van der Waals surface area contributed by atoms with Crippen LogP contribution in [-0.4, -0.2) is 46.4 Å². The first-order valence-electron chi connectivity index (χ1n) is 14.3. The van der Waals surface area contributed by atoms with Crippen LogP contribution in [0.1, 0.15) is 51.6 Å². The van der Waals surface area contributed by atoms with Crippen molar-refractivity contribution < 1.29 is 19.1 Å². The predicted molar refractivity (Wildman–Crippen MR) is 153 cm³/mol. The molecule has 210 valence electrons. The van der Waals surface area contributed by atoms with Crippen molar-refractivity contribution in [3.05, 3.63) is 77.3 Å². The topological polar surface area (TPSA) is 87.7 Å². The lowest BCUT2D eigenvalue weighted by molar-refractivity contribution is -0.144. The van der Waals surface area contributed by atoms with Crippen molar-refractivity contribution in [1.82, 2.24) is 10.2 Å². The molecule has 0 radical (unpaired) electrons. The molecule has 40 heavy (non-hydrogen) atoms. The molecule has 8 heteroatoms. The highest BCUT2D eigenvalue weighted by molar-refractivity contribution is 6.30. The zero-order chi connectivity index (χ0) is 28.2.